The van der Waals surface area contributed by atoms with Crippen molar-refractivity contribution in [3.05, 3.63) is 53.1 Å². The number of aromatic amines is 1. The summed E-state index contributed by atoms with van der Waals surface area (Å²) in [4.78, 5) is 11.7. The molecule has 132 valence electrons. The summed E-state index contributed by atoms with van der Waals surface area (Å²) in [6, 6.07) is 4.77. The van der Waals surface area contributed by atoms with Gasteiger partial charge in [-0.05, 0) is 44.0 Å². The number of guanidine groups is 1. The van der Waals surface area contributed by atoms with Crippen LogP contribution in [0.5, 0.6) is 0 Å². The first-order valence-corrected chi connectivity index (χ1v) is 8.19. The average molecular weight is 343 g/mol. The molecule has 0 aliphatic heterocycles. The molecule has 0 unspecified atom stereocenters. The minimum atomic E-state index is -0.227. The zero-order valence-electron chi connectivity index (χ0n) is 14.6. The summed E-state index contributed by atoms with van der Waals surface area (Å²) in [5.74, 6) is 1.89. The molecule has 0 fully saturated rings. The summed E-state index contributed by atoms with van der Waals surface area (Å²) in [6.07, 6.45) is 2.67. The summed E-state index contributed by atoms with van der Waals surface area (Å²) in [5.41, 5.74) is 2.90. The number of halogens is 1. The number of hydrogen-bond acceptors (Lipinski definition) is 3. The number of aromatic nitrogens is 2. The Morgan fingerprint density at radius 2 is 2.16 bits per heavy atom. The van der Waals surface area contributed by atoms with Crippen molar-refractivity contribution in [1.82, 2.24) is 20.6 Å². The highest BCUT2D eigenvalue weighted by Gasteiger charge is 2.08. The van der Waals surface area contributed by atoms with Gasteiger partial charge >= 0.3 is 0 Å². The summed E-state index contributed by atoms with van der Waals surface area (Å²) in [7, 11) is 1.71. The first-order chi connectivity index (χ1) is 12.1. The number of hydrogen-bond donors (Lipinski definition) is 3. The maximum Gasteiger partial charge on any atom is 0.214 e. The van der Waals surface area contributed by atoms with Gasteiger partial charge in [-0.1, -0.05) is 0 Å². The standard InChI is InChI=1S/C18H22FN5O/c1-11-12(2)25-17(24-11)10-23-18(20-3)21-7-6-13-9-22-16-5-4-14(19)8-15(13)16/h4-5,8-9,22H,6-7,10H2,1-3H3,(H2,20,21,23). The van der Waals surface area contributed by atoms with Crippen molar-refractivity contribution in [3.63, 3.8) is 0 Å². The Morgan fingerprint density at radius 3 is 2.88 bits per heavy atom. The van der Waals surface area contributed by atoms with Crippen LogP contribution in [0.15, 0.2) is 33.8 Å². The van der Waals surface area contributed by atoms with Crippen LogP contribution in [0.25, 0.3) is 10.9 Å². The average Bonchev–Trinajstić information content (AvgIpc) is 3.14. The van der Waals surface area contributed by atoms with E-state index in [9.17, 15) is 4.39 Å². The van der Waals surface area contributed by atoms with Crippen molar-refractivity contribution in [3.8, 4) is 0 Å². The lowest BCUT2D eigenvalue weighted by Gasteiger charge is -2.10. The number of H-pyrrole nitrogens is 1. The van der Waals surface area contributed by atoms with Crippen molar-refractivity contribution in [2.24, 2.45) is 4.99 Å². The van der Waals surface area contributed by atoms with Gasteiger partial charge in [-0.25, -0.2) is 9.37 Å². The molecule has 7 heteroatoms. The fourth-order valence-corrected chi connectivity index (χ4v) is 2.67. The van der Waals surface area contributed by atoms with Gasteiger partial charge in [-0.15, -0.1) is 0 Å². The van der Waals surface area contributed by atoms with Gasteiger partial charge in [0.1, 0.15) is 11.6 Å². The Kier molecular flexibility index (Phi) is 5.02. The molecule has 3 rings (SSSR count). The van der Waals surface area contributed by atoms with Crippen LogP contribution in [-0.2, 0) is 13.0 Å². The topological polar surface area (TPSA) is 78.2 Å². The first kappa shape index (κ1) is 17.0. The number of rotatable bonds is 5. The number of nitrogens with one attached hydrogen (secondary N) is 3. The lowest BCUT2D eigenvalue weighted by Crippen LogP contribution is -2.37. The van der Waals surface area contributed by atoms with Gasteiger partial charge in [-0.3, -0.25) is 4.99 Å². The molecule has 3 aromatic rings. The third kappa shape index (κ3) is 3.99. The molecular weight excluding hydrogens is 321 g/mol. The van der Waals surface area contributed by atoms with Gasteiger partial charge in [0.15, 0.2) is 5.96 Å². The molecule has 0 atom stereocenters. The van der Waals surface area contributed by atoms with Gasteiger partial charge in [0.05, 0.1) is 12.2 Å². The van der Waals surface area contributed by atoms with E-state index in [2.05, 4.69) is 25.6 Å². The third-order valence-electron chi connectivity index (χ3n) is 4.12. The molecule has 0 saturated carbocycles. The second kappa shape index (κ2) is 7.38. The first-order valence-electron chi connectivity index (χ1n) is 8.19. The number of oxazole rings is 1. The van der Waals surface area contributed by atoms with E-state index in [1.54, 1.807) is 19.2 Å². The van der Waals surface area contributed by atoms with E-state index in [1.807, 2.05) is 20.0 Å². The van der Waals surface area contributed by atoms with E-state index >= 15 is 0 Å². The maximum absolute atomic E-state index is 13.4. The fraction of sp³-hybridized carbons (Fsp3) is 0.333. The molecule has 0 saturated heterocycles. The van der Waals surface area contributed by atoms with E-state index in [0.29, 0.717) is 24.9 Å². The normalized spacial score (nSPS) is 11.9. The lowest BCUT2D eigenvalue weighted by atomic mass is 10.1. The van der Waals surface area contributed by atoms with Gasteiger partial charge in [-0.2, -0.15) is 0 Å². The van der Waals surface area contributed by atoms with E-state index < -0.39 is 0 Å². The van der Waals surface area contributed by atoms with Crippen LogP contribution < -0.4 is 10.6 Å². The number of benzene rings is 1. The second-order valence-corrected chi connectivity index (χ2v) is 5.86. The molecule has 3 N–H and O–H groups in total. The minimum Gasteiger partial charge on any atom is -0.444 e. The predicted octanol–water partition coefficient (Wildman–Crippen LogP) is 2.82. The Hall–Kier alpha value is -2.83. The van der Waals surface area contributed by atoms with Crippen molar-refractivity contribution in [2.45, 2.75) is 26.8 Å². The smallest absolute Gasteiger partial charge is 0.214 e. The van der Waals surface area contributed by atoms with Crippen LogP contribution in [0.4, 0.5) is 4.39 Å². The molecule has 6 nitrogen and oxygen atoms in total. The zero-order valence-corrected chi connectivity index (χ0v) is 14.6. The highest BCUT2D eigenvalue weighted by atomic mass is 19.1. The van der Waals surface area contributed by atoms with E-state index in [1.165, 1.54) is 6.07 Å². The Balaban J connectivity index is 1.53. The SMILES string of the molecule is CN=C(NCCc1c[nH]c2ccc(F)cc12)NCc1nc(C)c(C)o1. The molecule has 0 amide bonds. The summed E-state index contributed by atoms with van der Waals surface area (Å²) in [6.45, 7) is 4.95. The highest BCUT2D eigenvalue weighted by Crippen LogP contribution is 2.19. The van der Waals surface area contributed by atoms with Crippen LogP contribution in [0.2, 0.25) is 0 Å². The predicted molar refractivity (Wildman–Crippen MR) is 96.1 cm³/mol. The Morgan fingerprint density at radius 1 is 1.32 bits per heavy atom. The summed E-state index contributed by atoms with van der Waals surface area (Å²) in [5, 5.41) is 7.32. The molecule has 2 heterocycles. The number of nitrogens with zero attached hydrogens (tertiary/aromatic N) is 2. The molecular formula is C18H22FN5O. The molecule has 0 aliphatic rings. The van der Waals surface area contributed by atoms with Gasteiger partial charge in [0, 0.05) is 30.7 Å². The van der Waals surface area contributed by atoms with Crippen LogP contribution >= 0.6 is 0 Å². The number of fused-ring (bicyclic) bond motifs is 1. The van der Waals surface area contributed by atoms with Crippen molar-refractivity contribution >= 4 is 16.9 Å². The monoisotopic (exact) mass is 343 g/mol. The molecule has 1 aromatic carbocycles. The molecule has 2 aromatic heterocycles. The summed E-state index contributed by atoms with van der Waals surface area (Å²) >= 11 is 0. The molecule has 0 bridgehead atoms. The highest BCUT2D eigenvalue weighted by molar-refractivity contribution is 5.83. The van der Waals surface area contributed by atoms with Gasteiger partial charge in [0.25, 0.3) is 0 Å². The zero-order chi connectivity index (χ0) is 17.8. The quantitative estimate of drug-likeness (QED) is 0.492. The second-order valence-electron chi connectivity index (χ2n) is 5.86. The largest absolute Gasteiger partial charge is 0.444 e. The molecule has 0 spiro atoms. The van der Waals surface area contributed by atoms with Crippen molar-refractivity contribution in [1.29, 1.82) is 0 Å². The molecule has 0 radical (unpaired) electrons. The van der Waals surface area contributed by atoms with Crippen LogP contribution in [0.1, 0.15) is 22.9 Å². The number of aryl methyl sites for hydroxylation is 2. The molecule has 25 heavy (non-hydrogen) atoms. The van der Waals surface area contributed by atoms with Crippen molar-refractivity contribution in [2.75, 3.05) is 13.6 Å². The van der Waals surface area contributed by atoms with E-state index in [-0.39, 0.29) is 5.82 Å². The third-order valence-corrected chi connectivity index (χ3v) is 4.12. The van der Waals surface area contributed by atoms with E-state index in [0.717, 1.165) is 34.3 Å². The minimum absolute atomic E-state index is 0.227. The Bertz CT molecular complexity index is 877. The molecule has 0 aliphatic carbocycles. The number of aliphatic imine (C=N–C) groups is 1. The van der Waals surface area contributed by atoms with Crippen LogP contribution in [0.3, 0.4) is 0 Å². The maximum atomic E-state index is 13.4. The summed E-state index contributed by atoms with van der Waals surface area (Å²) < 4.78 is 19.0. The Labute approximate surface area is 145 Å². The van der Waals surface area contributed by atoms with Crippen LogP contribution in [0, 0.1) is 19.7 Å². The lowest BCUT2D eigenvalue weighted by molar-refractivity contribution is 0.464. The fourth-order valence-electron chi connectivity index (χ4n) is 2.67. The van der Waals surface area contributed by atoms with E-state index in [4.69, 9.17) is 4.42 Å². The van der Waals surface area contributed by atoms with Gasteiger partial charge < -0.3 is 20.0 Å². The van der Waals surface area contributed by atoms with Crippen molar-refractivity contribution < 1.29 is 8.81 Å². The van der Waals surface area contributed by atoms with Crippen LogP contribution in [-0.4, -0.2) is 29.5 Å². The van der Waals surface area contributed by atoms with Gasteiger partial charge in [0.2, 0.25) is 5.89 Å².